The zero-order valence-electron chi connectivity index (χ0n) is 21.7. The zero-order chi connectivity index (χ0) is 25.3. The summed E-state index contributed by atoms with van der Waals surface area (Å²) in [6.45, 7) is 6.39. The number of ketones is 1. The van der Waals surface area contributed by atoms with E-state index >= 15 is 0 Å². The molecule has 0 aromatic carbocycles. The predicted molar refractivity (Wildman–Crippen MR) is 125 cm³/mol. The summed E-state index contributed by atoms with van der Waals surface area (Å²) in [6, 6.07) is 0. The van der Waals surface area contributed by atoms with Crippen LogP contribution < -0.4 is 0 Å². The van der Waals surface area contributed by atoms with Crippen molar-refractivity contribution < 1.29 is 33.4 Å². The lowest BCUT2D eigenvalue weighted by atomic mass is 9.45. The third-order valence-electron chi connectivity index (χ3n) is 10.1. The van der Waals surface area contributed by atoms with Crippen LogP contribution in [0, 0.1) is 46.3 Å². The highest BCUT2D eigenvalue weighted by molar-refractivity contribution is 5.87. The van der Waals surface area contributed by atoms with E-state index in [2.05, 4.69) is 20.8 Å². The number of rotatable bonds is 8. The van der Waals surface area contributed by atoms with Crippen LogP contribution in [0.3, 0.4) is 0 Å². The molecule has 3 aliphatic carbocycles. The first-order chi connectivity index (χ1) is 16.0. The van der Waals surface area contributed by atoms with Crippen molar-refractivity contribution in [1.29, 1.82) is 0 Å². The molecule has 7 nitrogen and oxygen atoms in total. The van der Waals surface area contributed by atoms with E-state index in [0.717, 1.165) is 32.1 Å². The predicted octanol–water partition coefficient (Wildman–Crippen LogP) is 4.36. The highest BCUT2D eigenvalue weighted by Crippen LogP contribution is 2.66. The largest absolute Gasteiger partial charge is 0.469 e. The lowest BCUT2D eigenvalue weighted by Crippen LogP contribution is -2.57. The van der Waals surface area contributed by atoms with Gasteiger partial charge in [-0.3, -0.25) is 19.2 Å². The Labute approximate surface area is 203 Å². The molecule has 34 heavy (non-hydrogen) atoms. The van der Waals surface area contributed by atoms with Crippen LogP contribution in [-0.4, -0.2) is 45.0 Å². The summed E-state index contributed by atoms with van der Waals surface area (Å²) in [7, 11) is 4.20. The van der Waals surface area contributed by atoms with Crippen LogP contribution in [0.4, 0.5) is 0 Å². The van der Waals surface area contributed by atoms with Crippen LogP contribution >= 0.6 is 0 Å². The molecule has 0 aliphatic heterocycles. The fourth-order valence-corrected chi connectivity index (χ4v) is 8.12. The Bertz CT molecular complexity index is 807. The van der Waals surface area contributed by atoms with E-state index < -0.39 is 10.8 Å². The molecule has 0 amide bonds. The van der Waals surface area contributed by atoms with Crippen molar-refractivity contribution in [2.75, 3.05) is 21.3 Å². The van der Waals surface area contributed by atoms with Crippen molar-refractivity contribution in [3.63, 3.8) is 0 Å². The second-order valence-electron chi connectivity index (χ2n) is 11.3. The molecule has 0 N–H and O–H groups in total. The molecule has 7 heteroatoms. The number of carbonyl (C=O) groups is 4. The van der Waals surface area contributed by atoms with Gasteiger partial charge in [0.05, 0.1) is 27.2 Å². The van der Waals surface area contributed by atoms with E-state index in [1.807, 2.05) is 0 Å². The van der Waals surface area contributed by atoms with Crippen LogP contribution in [0.15, 0.2) is 0 Å². The number of fused-ring (bicyclic) bond motifs is 3. The average molecular weight is 479 g/mol. The van der Waals surface area contributed by atoms with Gasteiger partial charge in [0.1, 0.15) is 5.78 Å². The van der Waals surface area contributed by atoms with Crippen LogP contribution in [0.1, 0.15) is 78.6 Å². The molecule has 3 rings (SSSR count). The van der Waals surface area contributed by atoms with Gasteiger partial charge in [-0.15, -0.1) is 0 Å². The summed E-state index contributed by atoms with van der Waals surface area (Å²) in [5, 5.41) is 0. The summed E-state index contributed by atoms with van der Waals surface area (Å²) in [4.78, 5) is 50.4. The fourth-order valence-electron chi connectivity index (χ4n) is 8.12. The van der Waals surface area contributed by atoms with E-state index in [0.29, 0.717) is 25.2 Å². The quantitative estimate of drug-likeness (QED) is 0.378. The van der Waals surface area contributed by atoms with Gasteiger partial charge >= 0.3 is 17.9 Å². The Hall–Kier alpha value is -1.92. The lowest BCUT2D eigenvalue weighted by Gasteiger charge is -2.58. The molecule has 8 atom stereocenters. The molecule has 192 valence electrons. The van der Waals surface area contributed by atoms with Gasteiger partial charge in [0.15, 0.2) is 0 Å². The number of ether oxygens (including phenoxy) is 3. The molecule has 0 aromatic heterocycles. The number of hydrogen-bond acceptors (Lipinski definition) is 7. The molecule has 3 aliphatic rings. The molecule has 0 bridgehead atoms. The summed E-state index contributed by atoms with van der Waals surface area (Å²) in [5.74, 6) is 0.365. The Kier molecular flexibility index (Phi) is 8.14. The minimum absolute atomic E-state index is 0.0460. The number of carbonyl (C=O) groups excluding carboxylic acids is 4. The molecule has 3 fully saturated rings. The van der Waals surface area contributed by atoms with E-state index in [9.17, 15) is 19.2 Å². The standard InChI is InChI=1S/C27H42O7/c1-16(7-12-23(29)32-4)18-10-11-19-17-8-9-20(25(31)34-6)26(2,14-13-24(30)33-5)21(17)15-22(28)27(18,19)3/h16-21H,7-15H2,1-6H3/t16-,17-,18+,19+,20-,21-,26-,27-/m1/s1. The van der Waals surface area contributed by atoms with E-state index in [1.165, 1.54) is 21.3 Å². The highest BCUT2D eigenvalue weighted by Gasteiger charge is 2.64. The van der Waals surface area contributed by atoms with Crippen molar-refractivity contribution in [3.05, 3.63) is 0 Å². The summed E-state index contributed by atoms with van der Waals surface area (Å²) < 4.78 is 14.9. The van der Waals surface area contributed by atoms with Gasteiger partial charge in [-0.05, 0) is 73.5 Å². The molecule has 0 heterocycles. The van der Waals surface area contributed by atoms with Gasteiger partial charge in [-0.25, -0.2) is 0 Å². The molecular formula is C27H42O7. The Morgan fingerprint density at radius 2 is 1.56 bits per heavy atom. The monoisotopic (exact) mass is 478 g/mol. The van der Waals surface area contributed by atoms with Crippen LogP contribution in [0.25, 0.3) is 0 Å². The smallest absolute Gasteiger partial charge is 0.309 e. The molecule has 0 aromatic rings. The highest BCUT2D eigenvalue weighted by atomic mass is 16.5. The second kappa shape index (κ2) is 10.4. The third kappa shape index (κ3) is 4.51. The Morgan fingerprint density at radius 1 is 0.912 bits per heavy atom. The van der Waals surface area contributed by atoms with Crippen molar-refractivity contribution >= 4 is 23.7 Å². The summed E-state index contributed by atoms with van der Waals surface area (Å²) in [5.41, 5.74) is -0.895. The number of esters is 3. The third-order valence-corrected chi connectivity index (χ3v) is 10.1. The minimum Gasteiger partial charge on any atom is -0.469 e. The van der Waals surface area contributed by atoms with Gasteiger partial charge < -0.3 is 14.2 Å². The van der Waals surface area contributed by atoms with Crippen LogP contribution in [0.5, 0.6) is 0 Å². The van der Waals surface area contributed by atoms with Gasteiger partial charge in [-0.2, -0.15) is 0 Å². The van der Waals surface area contributed by atoms with Gasteiger partial charge in [0.25, 0.3) is 0 Å². The van der Waals surface area contributed by atoms with Crippen LogP contribution in [-0.2, 0) is 33.4 Å². The maximum Gasteiger partial charge on any atom is 0.309 e. The topological polar surface area (TPSA) is 96.0 Å². The second-order valence-corrected chi connectivity index (χ2v) is 11.3. The first kappa shape index (κ1) is 26.7. The molecule has 0 radical (unpaired) electrons. The Morgan fingerprint density at radius 3 is 2.18 bits per heavy atom. The van der Waals surface area contributed by atoms with Gasteiger partial charge in [-0.1, -0.05) is 20.8 Å². The molecule has 0 spiro atoms. The summed E-state index contributed by atoms with van der Waals surface area (Å²) in [6.07, 6.45) is 5.87. The molecule has 3 saturated carbocycles. The Balaban J connectivity index is 1.87. The average Bonchev–Trinajstić information content (AvgIpc) is 3.20. The minimum atomic E-state index is -0.490. The lowest BCUT2D eigenvalue weighted by molar-refractivity contribution is -0.171. The van der Waals surface area contributed by atoms with E-state index in [1.54, 1.807) is 0 Å². The normalized spacial score (nSPS) is 37.8. The van der Waals surface area contributed by atoms with Crippen molar-refractivity contribution in [1.82, 2.24) is 0 Å². The van der Waals surface area contributed by atoms with Gasteiger partial charge in [0.2, 0.25) is 0 Å². The number of methoxy groups -OCH3 is 3. The molecular weight excluding hydrogens is 436 g/mol. The van der Waals surface area contributed by atoms with Crippen molar-refractivity contribution in [3.8, 4) is 0 Å². The number of Topliss-reactive ketones (excluding diaryl/α,β-unsaturated/α-hetero) is 1. The van der Waals surface area contributed by atoms with Crippen LogP contribution in [0.2, 0.25) is 0 Å². The zero-order valence-corrected chi connectivity index (χ0v) is 21.7. The fraction of sp³-hybridized carbons (Fsp3) is 0.852. The van der Waals surface area contributed by atoms with Crippen molar-refractivity contribution in [2.24, 2.45) is 46.3 Å². The van der Waals surface area contributed by atoms with E-state index in [-0.39, 0.29) is 59.7 Å². The SMILES string of the molecule is COC(=O)CC[C@@H](C)[C@@H]1CC[C@H]2[C@H]3CC[C@H](C(=O)OC)[C@@](C)(CCC(=O)OC)[C@@H]3CC(=O)[C@@]21C. The molecule has 0 saturated heterocycles. The first-order valence-corrected chi connectivity index (χ1v) is 12.8. The maximum atomic E-state index is 13.9. The van der Waals surface area contributed by atoms with E-state index in [4.69, 9.17) is 14.2 Å². The first-order valence-electron chi connectivity index (χ1n) is 12.8. The van der Waals surface area contributed by atoms with Gasteiger partial charge in [0, 0.05) is 24.7 Å². The van der Waals surface area contributed by atoms with Crippen molar-refractivity contribution in [2.45, 2.75) is 78.6 Å². The molecule has 0 unspecified atom stereocenters. The summed E-state index contributed by atoms with van der Waals surface area (Å²) >= 11 is 0. The number of hydrogen-bond donors (Lipinski definition) is 0. The maximum absolute atomic E-state index is 13.9.